The maximum Gasteiger partial charge on any atom is 0.253 e. The predicted molar refractivity (Wildman–Crippen MR) is 91.5 cm³/mol. The summed E-state index contributed by atoms with van der Waals surface area (Å²) in [5.74, 6) is 0.145. The lowest BCUT2D eigenvalue weighted by atomic mass is 10.1. The molecule has 22 heavy (non-hydrogen) atoms. The highest BCUT2D eigenvalue weighted by atomic mass is 16.2. The predicted octanol–water partition coefficient (Wildman–Crippen LogP) is 2.88. The molecule has 5 nitrogen and oxygen atoms in total. The van der Waals surface area contributed by atoms with Gasteiger partial charge in [-0.3, -0.25) is 9.59 Å². The number of hydrogen-bond acceptors (Lipinski definition) is 3. The van der Waals surface area contributed by atoms with Crippen LogP contribution in [0, 0.1) is 5.92 Å². The van der Waals surface area contributed by atoms with Crippen LogP contribution in [-0.4, -0.2) is 32.5 Å². The van der Waals surface area contributed by atoms with E-state index in [1.54, 1.807) is 6.07 Å². The van der Waals surface area contributed by atoms with Crippen molar-refractivity contribution in [3.05, 3.63) is 23.8 Å². The van der Waals surface area contributed by atoms with Gasteiger partial charge < -0.3 is 15.5 Å². The molecule has 0 bridgehead atoms. The van der Waals surface area contributed by atoms with E-state index in [1.807, 2.05) is 51.9 Å². The van der Waals surface area contributed by atoms with Gasteiger partial charge in [0.15, 0.2) is 0 Å². The van der Waals surface area contributed by atoms with Gasteiger partial charge >= 0.3 is 0 Å². The van der Waals surface area contributed by atoms with Crippen LogP contribution in [0.3, 0.4) is 0 Å². The van der Waals surface area contributed by atoms with Crippen molar-refractivity contribution >= 4 is 23.2 Å². The van der Waals surface area contributed by atoms with E-state index in [1.165, 1.54) is 0 Å². The SMILES string of the molecule is CCCNC(=O)c1cc(NC(=O)CC(C)C)ccc1N(C)C. The van der Waals surface area contributed by atoms with Crippen molar-refractivity contribution in [2.75, 3.05) is 30.9 Å². The van der Waals surface area contributed by atoms with Crippen LogP contribution in [0.2, 0.25) is 0 Å². The third kappa shape index (κ3) is 5.39. The first-order valence-electron chi connectivity index (χ1n) is 7.74. The molecule has 5 heteroatoms. The molecule has 0 aromatic heterocycles. The molecule has 0 aliphatic carbocycles. The molecule has 0 aliphatic rings. The van der Waals surface area contributed by atoms with Crippen LogP contribution < -0.4 is 15.5 Å². The number of rotatable bonds is 7. The molecule has 0 unspecified atom stereocenters. The first-order chi connectivity index (χ1) is 10.3. The Morgan fingerprint density at radius 3 is 2.45 bits per heavy atom. The highest BCUT2D eigenvalue weighted by Gasteiger charge is 2.14. The number of nitrogens with zero attached hydrogens (tertiary/aromatic N) is 1. The number of benzene rings is 1. The monoisotopic (exact) mass is 305 g/mol. The number of amides is 2. The van der Waals surface area contributed by atoms with Gasteiger partial charge in [-0.15, -0.1) is 0 Å². The Hall–Kier alpha value is -2.04. The zero-order valence-electron chi connectivity index (χ0n) is 14.2. The maximum absolute atomic E-state index is 12.3. The van der Waals surface area contributed by atoms with Crippen molar-refractivity contribution in [3.63, 3.8) is 0 Å². The normalized spacial score (nSPS) is 10.5. The smallest absolute Gasteiger partial charge is 0.253 e. The fourth-order valence-electron chi connectivity index (χ4n) is 2.10. The van der Waals surface area contributed by atoms with Gasteiger partial charge in [0.2, 0.25) is 5.91 Å². The first-order valence-corrected chi connectivity index (χ1v) is 7.74. The molecular weight excluding hydrogens is 278 g/mol. The Labute approximate surface area is 133 Å². The molecule has 1 aromatic rings. The lowest BCUT2D eigenvalue weighted by molar-refractivity contribution is -0.116. The van der Waals surface area contributed by atoms with Gasteiger partial charge in [-0.2, -0.15) is 0 Å². The molecule has 0 fully saturated rings. The summed E-state index contributed by atoms with van der Waals surface area (Å²) in [4.78, 5) is 26.1. The molecule has 0 heterocycles. The molecule has 0 saturated carbocycles. The largest absolute Gasteiger partial charge is 0.377 e. The lowest BCUT2D eigenvalue weighted by Gasteiger charge is -2.18. The minimum Gasteiger partial charge on any atom is -0.377 e. The average Bonchev–Trinajstić information content (AvgIpc) is 2.43. The van der Waals surface area contributed by atoms with Gasteiger partial charge in [0.1, 0.15) is 0 Å². The van der Waals surface area contributed by atoms with Gasteiger partial charge in [-0.1, -0.05) is 20.8 Å². The summed E-state index contributed by atoms with van der Waals surface area (Å²) in [6.45, 7) is 6.64. The number of anilines is 2. The van der Waals surface area contributed by atoms with E-state index in [0.717, 1.165) is 12.1 Å². The van der Waals surface area contributed by atoms with Gasteiger partial charge in [0.05, 0.1) is 5.56 Å². The van der Waals surface area contributed by atoms with Crippen molar-refractivity contribution in [1.29, 1.82) is 0 Å². The molecule has 122 valence electrons. The molecule has 2 N–H and O–H groups in total. The molecule has 2 amide bonds. The minimum atomic E-state index is -0.120. The van der Waals surface area contributed by atoms with Crippen LogP contribution in [0.5, 0.6) is 0 Å². The second kappa shape index (κ2) is 8.41. The van der Waals surface area contributed by atoms with Gasteiger partial charge in [0, 0.05) is 38.4 Å². The van der Waals surface area contributed by atoms with Crippen molar-refractivity contribution < 1.29 is 9.59 Å². The second-order valence-corrected chi connectivity index (χ2v) is 6.03. The van der Waals surface area contributed by atoms with Crippen LogP contribution in [0.4, 0.5) is 11.4 Å². The third-order valence-corrected chi connectivity index (χ3v) is 3.14. The first kappa shape index (κ1) is 18.0. The molecule has 0 aliphatic heterocycles. The average molecular weight is 305 g/mol. The Morgan fingerprint density at radius 1 is 1.23 bits per heavy atom. The summed E-state index contributed by atoms with van der Waals surface area (Å²) in [5, 5.41) is 5.73. The van der Waals surface area contributed by atoms with Crippen LogP contribution >= 0.6 is 0 Å². The number of carbonyl (C=O) groups is 2. The van der Waals surface area contributed by atoms with Crippen LogP contribution in [0.15, 0.2) is 18.2 Å². The fraction of sp³-hybridized carbons (Fsp3) is 0.529. The molecule has 1 aromatic carbocycles. The van der Waals surface area contributed by atoms with Crippen molar-refractivity contribution in [2.45, 2.75) is 33.6 Å². The summed E-state index contributed by atoms with van der Waals surface area (Å²) < 4.78 is 0. The van der Waals surface area contributed by atoms with E-state index in [4.69, 9.17) is 0 Å². The van der Waals surface area contributed by atoms with Gasteiger partial charge in [-0.25, -0.2) is 0 Å². The number of nitrogens with one attached hydrogen (secondary N) is 2. The Kier molecular flexibility index (Phi) is 6.89. The highest BCUT2D eigenvalue weighted by Crippen LogP contribution is 2.23. The highest BCUT2D eigenvalue weighted by molar-refractivity contribution is 6.02. The van der Waals surface area contributed by atoms with Crippen LogP contribution in [0.1, 0.15) is 44.0 Å². The van der Waals surface area contributed by atoms with E-state index in [0.29, 0.717) is 30.1 Å². The maximum atomic E-state index is 12.3. The molecule has 0 radical (unpaired) electrons. The fourth-order valence-corrected chi connectivity index (χ4v) is 2.10. The number of carbonyl (C=O) groups excluding carboxylic acids is 2. The summed E-state index contributed by atoms with van der Waals surface area (Å²) in [5.41, 5.74) is 2.05. The van der Waals surface area contributed by atoms with Crippen molar-refractivity contribution in [3.8, 4) is 0 Å². The van der Waals surface area contributed by atoms with E-state index in [-0.39, 0.29) is 11.8 Å². The minimum absolute atomic E-state index is 0.0347. The van der Waals surface area contributed by atoms with Gasteiger partial charge in [0.25, 0.3) is 5.91 Å². The zero-order valence-corrected chi connectivity index (χ0v) is 14.2. The summed E-state index contributed by atoms with van der Waals surface area (Å²) in [7, 11) is 3.78. The summed E-state index contributed by atoms with van der Waals surface area (Å²) >= 11 is 0. The van der Waals surface area contributed by atoms with Crippen molar-refractivity contribution in [1.82, 2.24) is 5.32 Å². The Balaban J connectivity index is 2.98. The molecule has 1 rings (SSSR count). The zero-order chi connectivity index (χ0) is 16.7. The second-order valence-electron chi connectivity index (χ2n) is 6.03. The molecular formula is C17H27N3O2. The summed E-state index contributed by atoms with van der Waals surface area (Å²) in [6, 6.07) is 5.41. The topological polar surface area (TPSA) is 61.4 Å². The van der Waals surface area contributed by atoms with Crippen LogP contribution in [0.25, 0.3) is 0 Å². The van der Waals surface area contributed by atoms with Crippen molar-refractivity contribution in [2.24, 2.45) is 5.92 Å². The lowest BCUT2D eigenvalue weighted by Crippen LogP contribution is -2.26. The molecule has 0 atom stereocenters. The van der Waals surface area contributed by atoms with Crippen LogP contribution in [-0.2, 0) is 4.79 Å². The van der Waals surface area contributed by atoms with E-state index in [2.05, 4.69) is 10.6 Å². The summed E-state index contributed by atoms with van der Waals surface area (Å²) in [6.07, 6.45) is 1.35. The number of hydrogen-bond donors (Lipinski definition) is 2. The van der Waals surface area contributed by atoms with E-state index < -0.39 is 0 Å². The Bertz CT molecular complexity index is 525. The van der Waals surface area contributed by atoms with Gasteiger partial charge in [-0.05, 0) is 30.5 Å². The quantitative estimate of drug-likeness (QED) is 0.814. The van der Waals surface area contributed by atoms with E-state index >= 15 is 0 Å². The molecule has 0 spiro atoms. The third-order valence-electron chi connectivity index (χ3n) is 3.14. The molecule has 0 saturated heterocycles. The standard InChI is InChI=1S/C17H27N3O2/c1-6-9-18-17(22)14-11-13(7-8-15(14)20(4)5)19-16(21)10-12(2)3/h7-8,11-12H,6,9-10H2,1-5H3,(H,18,22)(H,19,21). The van der Waals surface area contributed by atoms with E-state index in [9.17, 15) is 9.59 Å². The Morgan fingerprint density at radius 2 is 1.91 bits per heavy atom.